The van der Waals surface area contributed by atoms with Crippen LogP contribution in [0.2, 0.25) is 0 Å². The number of hydrogen-bond acceptors (Lipinski definition) is 2. The maximum absolute atomic E-state index is 8.78. The predicted molar refractivity (Wildman–Crippen MR) is 45.4 cm³/mol. The molecule has 0 aliphatic carbocycles. The van der Waals surface area contributed by atoms with Crippen LogP contribution in [0.25, 0.3) is 0 Å². The number of aryl methyl sites for hydroxylation is 1. The zero-order valence-electron chi connectivity index (χ0n) is 8.19. The van der Waals surface area contributed by atoms with Crippen LogP contribution in [0.1, 0.15) is 6.99 Å². The molecule has 64 valence electrons. The van der Waals surface area contributed by atoms with E-state index in [1.807, 2.05) is 18.2 Å². The zero-order chi connectivity index (χ0) is 8.69. The molecule has 2 N–H and O–H groups in total. The molecule has 0 heterocycles. The van der Waals surface area contributed by atoms with Crippen LogP contribution in [-0.4, -0.2) is 8.76 Å². The van der Waals surface area contributed by atoms with Crippen LogP contribution < -0.4 is 34.7 Å². The minimum atomic E-state index is -2.36. The number of nitrogens with two attached hydrogens (primary N) is 1. The van der Waals surface area contributed by atoms with Crippen LogP contribution in [0.4, 0.5) is 0 Å². The van der Waals surface area contributed by atoms with Crippen LogP contribution in [0.15, 0.2) is 30.3 Å². The summed E-state index contributed by atoms with van der Waals surface area (Å²) in [5, 5.41) is 4.03. The summed E-state index contributed by atoms with van der Waals surface area (Å²) >= 11 is -2.36. The van der Waals surface area contributed by atoms with Crippen molar-refractivity contribution in [3.63, 3.8) is 0 Å². The van der Waals surface area contributed by atoms with Crippen molar-refractivity contribution >= 4 is 11.3 Å². The Bertz CT molecular complexity index is 219. The van der Waals surface area contributed by atoms with E-state index in [4.69, 9.17) is 8.76 Å². The van der Waals surface area contributed by atoms with Crippen molar-refractivity contribution in [2.45, 2.75) is 6.92 Å². The van der Waals surface area contributed by atoms with Gasteiger partial charge in [0.05, 0.1) is 0 Å². The fraction of sp³-hybridized carbons (Fsp3) is 0.143. The van der Waals surface area contributed by atoms with Crippen molar-refractivity contribution in [2.75, 3.05) is 0 Å². The molecule has 0 spiro atoms. The third-order valence-electron chi connectivity index (χ3n) is 0.940. The quantitative estimate of drug-likeness (QED) is 0.380. The Morgan fingerprint density at radius 1 is 1.42 bits per heavy atom. The van der Waals surface area contributed by atoms with Crippen molar-refractivity contribution in [1.82, 2.24) is 0 Å². The number of hydrogen-bond donors (Lipinski definition) is 1. The average molecular weight is 196 g/mol. The molecule has 1 aromatic rings. The van der Waals surface area contributed by atoms with E-state index in [0.29, 0.717) is 0 Å². The second-order valence-electron chi connectivity index (χ2n) is 1.92. The third kappa shape index (κ3) is 12.9. The molecule has 1 aromatic carbocycles. The molecule has 1 unspecified atom stereocenters. The predicted octanol–water partition coefficient (Wildman–Crippen LogP) is -2.15. The first-order valence-corrected chi connectivity index (χ1v) is 4.12. The fourth-order valence-electron chi connectivity index (χ4n) is 0.534. The van der Waals surface area contributed by atoms with E-state index in [1.165, 1.54) is 5.56 Å². The van der Waals surface area contributed by atoms with Crippen LogP contribution in [-0.2, 0) is 11.3 Å². The summed E-state index contributed by atoms with van der Waals surface area (Å²) in [7, 11) is 0. The number of benzene rings is 1. The van der Waals surface area contributed by atoms with Crippen molar-refractivity contribution < 1.29 is 39.7 Å². The molecule has 0 radical (unpaired) electrons. The molecule has 0 aliphatic rings. The van der Waals surface area contributed by atoms with Crippen molar-refractivity contribution in [3.05, 3.63) is 35.9 Å². The monoisotopic (exact) mass is 196 g/mol. The topological polar surface area (TPSA) is 66.2 Å². The Labute approximate surface area is 98.6 Å². The molecule has 0 amide bonds. The third-order valence-corrected chi connectivity index (χ3v) is 0.940. The molecule has 0 aromatic heterocycles. The van der Waals surface area contributed by atoms with Gasteiger partial charge < -0.3 is 5.98 Å². The Hall–Kier alpha value is 0.290. The summed E-state index contributed by atoms with van der Waals surface area (Å²) in [5.74, 6) is 0. The van der Waals surface area contributed by atoms with Crippen LogP contribution in [0.3, 0.4) is 0 Å². The Morgan fingerprint density at radius 3 is 1.92 bits per heavy atom. The molecule has 0 saturated heterocycles. The van der Waals surface area contributed by atoms with Gasteiger partial charge in [0.15, 0.2) is 0 Å². The van der Waals surface area contributed by atoms with E-state index >= 15 is 0 Å². The summed E-state index contributed by atoms with van der Waals surface area (Å²) in [4.78, 5) is 0. The van der Waals surface area contributed by atoms with E-state index in [1.54, 1.807) is 0 Å². The second-order valence-corrected chi connectivity index (χ2v) is 2.44. The molecule has 1 rings (SSSR count). The SMILES string of the molecule is Cc1ccccc1.NS(=O)[O-].[H-].[Na+]. The smallest absolute Gasteiger partial charge is 1.00 e. The van der Waals surface area contributed by atoms with Crippen molar-refractivity contribution in [1.29, 1.82) is 0 Å². The summed E-state index contributed by atoms with van der Waals surface area (Å²) < 4.78 is 17.6. The maximum Gasteiger partial charge on any atom is 1.00 e. The van der Waals surface area contributed by atoms with E-state index in [0.717, 1.165) is 0 Å². The summed E-state index contributed by atoms with van der Waals surface area (Å²) in [6.07, 6.45) is 0. The molecule has 3 nitrogen and oxygen atoms in total. The van der Waals surface area contributed by atoms with Gasteiger partial charge in [0.1, 0.15) is 0 Å². The first-order chi connectivity index (χ1) is 5.13. The van der Waals surface area contributed by atoms with E-state index in [9.17, 15) is 0 Å². The van der Waals surface area contributed by atoms with Gasteiger partial charge in [0.25, 0.3) is 0 Å². The molecule has 12 heavy (non-hydrogen) atoms. The van der Waals surface area contributed by atoms with Gasteiger partial charge in [-0.25, -0.2) is 0 Å². The minimum absolute atomic E-state index is 0. The zero-order valence-corrected chi connectivity index (χ0v) is 10.0. The largest absolute Gasteiger partial charge is 1.00 e. The van der Waals surface area contributed by atoms with Crippen LogP contribution in [0.5, 0.6) is 0 Å². The molecule has 0 bridgehead atoms. The molecule has 0 saturated carbocycles. The number of rotatable bonds is 0. The molecular formula is C7H11NNaO2S-. The maximum atomic E-state index is 8.78. The van der Waals surface area contributed by atoms with Gasteiger partial charge in [-0.3, -0.25) is 9.35 Å². The van der Waals surface area contributed by atoms with Crippen molar-refractivity contribution in [2.24, 2.45) is 5.14 Å². The molecule has 5 heteroatoms. The van der Waals surface area contributed by atoms with Gasteiger partial charge in [0, 0.05) is 11.3 Å². The summed E-state index contributed by atoms with van der Waals surface area (Å²) in [6, 6.07) is 10.3. The summed E-state index contributed by atoms with van der Waals surface area (Å²) in [6.45, 7) is 2.08. The first kappa shape index (κ1) is 14.8. The molecule has 0 fully saturated rings. The minimum Gasteiger partial charge on any atom is -1.00 e. The van der Waals surface area contributed by atoms with Gasteiger partial charge in [-0.1, -0.05) is 35.9 Å². The normalized spacial score (nSPS) is 10.2. The van der Waals surface area contributed by atoms with Crippen LogP contribution in [0, 0.1) is 6.92 Å². The average Bonchev–Trinajstić information content (AvgIpc) is 1.87. The molecule has 1 atom stereocenters. The summed E-state index contributed by atoms with van der Waals surface area (Å²) in [5.41, 5.74) is 1.32. The fourth-order valence-corrected chi connectivity index (χ4v) is 0.534. The van der Waals surface area contributed by atoms with Gasteiger partial charge in [-0.15, -0.1) is 0 Å². The first-order valence-electron chi connectivity index (χ1n) is 2.98. The van der Waals surface area contributed by atoms with Crippen molar-refractivity contribution in [3.8, 4) is 0 Å². The second kappa shape index (κ2) is 9.38. The van der Waals surface area contributed by atoms with E-state index < -0.39 is 11.3 Å². The Balaban J connectivity index is -0.000000150. The molecule has 0 aliphatic heterocycles. The van der Waals surface area contributed by atoms with E-state index in [-0.39, 0.29) is 31.0 Å². The van der Waals surface area contributed by atoms with Crippen LogP contribution >= 0.6 is 0 Å². The Morgan fingerprint density at radius 2 is 1.75 bits per heavy atom. The van der Waals surface area contributed by atoms with Gasteiger partial charge in [-0.2, -0.15) is 0 Å². The van der Waals surface area contributed by atoms with Gasteiger partial charge >= 0.3 is 29.6 Å². The van der Waals surface area contributed by atoms with Gasteiger partial charge in [-0.05, 0) is 6.92 Å². The van der Waals surface area contributed by atoms with Gasteiger partial charge in [0.2, 0.25) is 0 Å². The Kier molecular flexibility index (Phi) is 11.6. The standard InChI is InChI=1S/C7H8.H3NO2S.Na.H/c1-7-5-3-2-4-6-7;1-4(2)3;;/h2-6H,1H3;1H2,(H,2,3);;/q;;+1;-1/p-1. The molecular weight excluding hydrogens is 185 g/mol. The van der Waals surface area contributed by atoms with E-state index in [2.05, 4.69) is 24.2 Å².